The summed E-state index contributed by atoms with van der Waals surface area (Å²) in [5, 5.41) is 17.9. The Kier molecular flexibility index (Phi) is 8.11. The number of hydrogen-bond donors (Lipinski definition) is 2. The lowest BCUT2D eigenvalue weighted by molar-refractivity contribution is -0.138. The number of aliphatic carboxylic acids is 1. The number of benzene rings is 1. The normalized spacial score (nSPS) is 16.8. The monoisotopic (exact) mass is 557 g/mol. The Labute approximate surface area is 218 Å². The SMILES string of the molecule is O=C(O)CC(CCN1CCCC(F)(F)C1)NC(=O)c1cc(-c2ccccc2C(F)(F)F)n(-c2nccs2)n1. The molecule has 1 unspecified atom stereocenters. The molecular formula is C24H24F5N5O3S. The molecule has 0 bridgehead atoms. The summed E-state index contributed by atoms with van der Waals surface area (Å²) in [6.45, 7) is 0.135. The fraction of sp³-hybridized carbons (Fsp3) is 0.417. The number of carbonyl (C=O) groups excluding carboxylic acids is 1. The van der Waals surface area contributed by atoms with Crippen molar-refractivity contribution in [2.75, 3.05) is 19.6 Å². The Morgan fingerprint density at radius 1 is 1.24 bits per heavy atom. The first-order valence-electron chi connectivity index (χ1n) is 11.7. The van der Waals surface area contributed by atoms with Crippen molar-refractivity contribution in [3.8, 4) is 16.4 Å². The lowest BCUT2D eigenvalue weighted by Crippen LogP contribution is -2.45. The predicted molar refractivity (Wildman–Crippen MR) is 128 cm³/mol. The van der Waals surface area contributed by atoms with Gasteiger partial charge >= 0.3 is 12.1 Å². The molecule has 0 spiro atoms. The van der Waals surface area contributed by atoms with Gasteiger partial charge in [-0.05, 0) is 31.5 Å². The lowest BCUT2D eigenvalue weighted by Gasteiger charge is -2.33. The highest BCUT2D eigenvalue weighted by Crippen LogP contribution is 2.38. The molecule has 1 fully saturated rings. The minimum atomic E-state index is -4.67. The van der Waals surface area contributed by atoms with Gasteiger partial charge in [0.15, 0.2) is 5.69 Å². The number of hydrogen-bond acceptors (Lipinski definition) is 6. The average molecular weight is 558 g/mol. The van der Waals surface area contributed by atoms with Gasteiger partial charge in [-0.15, -0.1) is 11.3 Å². The van der Waals surface area contributed by atoms with Crippen LogP contribution in [-0.4, -0.2) is 68.2 Å². The number of alkyl halides is 5. The Bertz CT molecular complexity index is 1280. The van der Waals surface area contributed by atoms with Crippen LogP contribution in [0.25, 0.3) is 16.4 Å². The molecule has 1 amide bonds. The Morgan fingerprint density at radius 2 is 2.00 bits per heavy atom. The second kappa shape index (κ2) is 11.2. The fourth-order valence-electron chi connectivity index (χ4n) is 4.38. The molecule has 1 aliphatic rings. The van der Waals surface area contributed by atoms with Gasteiger partial charge in [0.25, 0.3) is 11.8 Å². The van der Waals surface area contributed by atoms with Crippen LogP contribution in [0, 0.1) is 0 Å². The van der Waals surface area contributed by atoms with Crippen LogP contribution < -0.4 is 5.32 Å². The van der Waals surface area contributed by atoms with Gasteiger partial charge in [0.1, 0.15) is 0 Å². The number of rotatable bonds is 9. The van der Waals surface area contributed by atoms with Crippen LogP contribution in [0.3, 0.4) is 0 Å². The van der Waals surface area contributed by atoms with Crippen LogP contribution in [0.2, 0.25) is 0 Å². The molecule has 0 saturated carbocycles. The molecule has 8 nitrogen and oxygen atoms in total. The van der Waals surface area contributed by atoms with Crippen LogP contribution in [0.4, 0.5) is 22.0 Å². The third-order valence-corrected chi connectivity index (χ3v) is 6.82. The largest absolute Gasteiger partial charge is 0.481 e. The van der Waals surface area contributed by atoms with Crippen molar-refractivity contribution >= 4 is 23.2 Å². The number of carboxylic acid groups (broad SMARTS) is 1. The molecule has 4 rings (SSSR count). The van der Waals surface area contributed by atoms with Crippen molar-refractivity contribution in [3.63, 3.8) is 0 Å². The van der Waals surface area contributed by atoms with E-state index in [1.54, 1.807) is 5.38 Å². The van der Waals surface area contributed by atoms with Crippen molar-refractivity contribution in [2.24, 2.45) is 0 Å². The molecule has 14 heteroatoms. The summed E-state index contributed by atoms with van der Waals surface area (Å²) in [6, 6.07) is 5.13. The Morgan fingerprint density at radius 3 is 2.66 bits per heavy atom. The Balaban J connectivity index is 1.59. The standard InChI is InChI=1S/C24H24F5N5O3S/c25-23(26)7-3-9-33(14-23)10-6-15(12-20(35)36)31-21(37)18-13-19(34(32-18)22-30-8-11-38-22)16-4-1-2-5-17(16)24(27,28)29/h1-2,4-5,8,11,13,15H,3,6-7,9-10,12,14H2,(H,31,37)(H,35,36). The number of thiazole rings is 1. The highest BCUT2D eigenvalue weighted by atomic mass is 32.1. The molecule has 1 aromatic carbocycles. The molecule has 2 aromatic heterocycles. The zero-order valence-electron chi connectivity index (χ0n) is 19.9. The number of nitrogens with zero attached hydrogens (tertiary/aromatic N) is 4. The first kappa shape index (κ1) is 27.6. The molecule has 1 atom stereocenters. The highest BCUT2D eigenvalue weighted by Gasteiger charge is 2.36. The molecular weight excluding hydrogens is 533 g/mol. The highest BCUT2D eigenvalue weighted by molar-refractivity contribution is 7.12. The molecule has 204 valence electrons. The van der Waals surface area contributed by atoms with Gasteiger partial charge < -0.3 is 10.4 Å². The number of likely N-dealkylation sites (tertiary alicyclic amines) is 1. The minimum Gasteiger partial charge on any atom is -0.481 e. The molecule has 38 heavy (non-hydrogen) atoms. The van der Waals surface area contributed by atoms with Gasteiger partial charge in [-0.3, -0.25) is 14.5 Å². The van der Waals surface area contributed by atoms with E-state index in [0.29, 0.717) is 13.0 Å². The quantitative estimate of drug-likeness (QED) is 0.370. The van der Waals surface area contributed by atoms with E-state index >= 15 is 0 Å². The molecule has 3 heterocycles. The van der Waals surface area contributed by atoms with Crippen LogP contribution in [-0.2, 0) is 11.0 Å². The van der Waals surface area contributed by atoms with Crippen molar-refractivity contribution in [3.05, 3.63) is 53.2 Å². The number of carboxylic acids is 1. The third kappa shape index (κ3) is 6.72. The zero-order valence-corrected chi connectivity index (χ0v) is 20.7. The molecule has 0 radical (unpaired) electrons. The number of halogens is 5. The molecule has 3 aromatic rings. The average Bonchev–Trinajstić information content (AvgIpc) is 3.51. The smallest absolute Gasteiger partial charge is 0.417 e. The van der Waals surface area contributed by atoms with Crippen LogP contribution in [0.15, 0.2) is 41.9 Å². The lowest BCUT2D eigenvalue weighted by atomic mass is 10.0. The second-order valence-corrected chi connectivity index (χ2v) is 9.85. The van der Waals surface area contributed by atoms with E-state index in [9.17, 15) is 36.6 Å². The maximum absolute atomic E-state index is 13.7. The van der Waals surface area contributed by atoms with E-state index in [4.69, 9.17) is 0 Å². The van der Waals surface area contributed by atoms with Gasteiger partial charge in [-0.25, -0.2) is 18.4 Å². The maximum Gasteiger partial charge on any atom is 0.417 e. The number of aromatic nitrogens is 3. The Hall–Kier alpha value is -3.39. The van der Waals surface area contributed by atoms with Crippen LogP contribution in [0.1, 0.15) is 41.7 Å². The van der Waals surface area contributed by atoms with Crippen molar-refractivity contribution in [1.29, 1.82) is 0 Å². The van der Waals surface area contributed by atoms with Crippen molar-refractivity contribution in [1.82, 2.24) is 25.0 Å². The van der Waals surface area contributed by atoms with Crippen molar-refractivity contribution < 1.29 is 36.6 Å². The van der Waals surface area contributed by atoms with Crippen molar-refractivity contribution in [2.45, 2.75) is 43.8 Å². The van der Waals surface area contributed by atoms with E-state index < -0.39 is 48.5 Å². The molecule has 0 aliphatic carbocycles. The van der Waals surface area contributed by atoms with E-state index in [-0.39, 0.29) is 41.5 Å². The summed E-state index contributed by atoms with van der Waals surface area (Å²) in [5.41, 5.74) is -1.41. The summed E-state index contributed by atoms with van der Waals surface area (Å²) in [7, 11) is 0. The van der Waals surface area contributed by atoms with Gasteiger partial charge in [0.2, 0.25) is 5.13 Å². The van der Waals surface area contributed by atoms with Crippen LogP contribution in [0.5, 0.6) is 0 Å². The van der Waals surface area contributed by atoms with Crippen LogP contribution >= 0.6 is 11.3 Å². The van der Waals surface area contributed by atoms with Gasteiger partial charge in [0, 0.05) is 36.1 Å². The zero-order chi connectivity index (χ0) is 27.5. The fourth-order valence-corrected chi connectivity index (χ4v) is 4.98. The molecule has 1 aliphatic heterocycles. The molecule has 1 saturated heterocycles. The molecule has 2 N–H and O–H groups in total. The minimum absolute atomic E-state index is 0.0247. The maximum atomic E-state index is 13.7. The first-order valence-corrected chi connectivity index (χ1v) is 12.6. The van der Waals surface area contributed by atoms with E-state index in [1.165, 1.54) is 35.4 Å². The number of nitrogens with one attached hydrogen (secondary N) is 1. The number of amides is 1. The second-order valence-electron chi connectivity index (χ2n) is 8.98. The first-order chi connectivity index (χ1) is 17.9. The third-order valence-electron chi connectivity index (χ3n) is 6.07. The van der Waals surface area contributed by atoms with Gasteiger partial charge in [-0.1, -0.05) is 18.2 Å². The summed E-state index contributed by atoms with van der Waals surface area (Å²) >= 11 is 1.10. The van der Waals surface area contributed by atoms with E-state index in [0.717, 1.165) is 22.1 Å². The summed E-state index contributed by atoms with van der Waals surface area (Å²) < 4.78 is 69.8. The van der Waals surface area contributed by atoms with E-state index in [2.05, 4.69) is 15.4 Å². The van der Waals surface area contributed by atoms with Gasteiger partial charge in [0.05, 0.1) is 24.2 Å². The topological polar surface area (TPSA) is 100 Å². The number of carbonyl (C=O) groups is 2. The summed E-state index contributed by atoms with van der Waals surface area (Å²) in [4.78, 5) is 30.1. The van der Waals surface area contributed by atoms with E-state index in [1.807, 2.05) is 0 Å². The van der Waals surface area contributed by atoms with Gasteiger partial charge in [-0.2, -0.15) is 18.3 Å². The summed E-state index contributed by atoms with van der Waals surface area (Å²) in [6.07, 6.45) is -3.51. The predicted octanol–water partition coefficient (Wildman–Crippen LogP) is 4.71. The number of piperidine rings is 1. The summed E-state index contributed by atoms with van der Waals surface area (Å²) in [5.74, 6) is -4.83.